The Morgan fingerprint density at radius 1 is 1.23 bits per heavy atom. The number of benzene rings is 1. The summed E-state index contributed by atoms with van der Waals surface area (Å²) in [7, 11) is 3.19. The van der Waals surface area contributed by atoms with Gasteiger partial charge in [-0.3, -0.25) is 0 Å². The van der Waals surface area contributed by atoms with Crippen molar-refractivity contribution in [2.45, 2.75) is 13.5 Å². The van der Waals surface area contributed by atoms with Gasteiger partial charge in [-0.2, -0.15) is 0 Å². The summed E-state index contributed by atoms with van der Waals surface area (Å²) < 4.78 is 10.2. The predicted molar refractivity (Wildman–Crippen MR) is 50.2 cm³/mol. The van der Waals surface area contributed by atoms with Gasteiger partial charge in [0.05, 0.1) is 20.8 Å². The maximum atomic E-state index is 9.05. The van der Waals surface area contributed by atoms with Crippen LogP contribution in [0, 0.1) is 6.92 Å². The molecule has 0 saturated carbocycles. The zero-order valence-corrected chi connectivity index (χ0v) is 8.13. The lowest BCUT2D eigenvalue weighted by Crippen LogP contribution is -1.95. The minimum Gasteiger partial charge on any atom is -0.497 e. The largest absolute Gasteiger partial charge is 0.497 e. The van der Waals surface area contributed by atoms with E-state index < -0.39 is 0 Å². The van der Waals surface area contributed by atoms with Crippen molar-refractivity contribution in [1.82, 2.24) is 0 Å². The minimum atomic E-state index is -0.000602. The van der Waals surface area contributed by atoms with E-state index in [0.29, 0.717) is 5.75 Å². The highest BCUT2D eigenvalue weighted by atomic mass is 16.5. The molecule has 0 aliphatic heterocycles. The summed E-state index contributed by atoms with van der Waals surface area (Å²) >= 11 is 0. The van der Waals surface area contributed by atoms with E-state index in [2.05, 4.69) is 0 Å². The van der Waals surface area contributed by atoms with Gasteiger partial charge in [0.1, 0.15) is 11.5 Å². The number of methoxy groups -OCH3 is 2. The van der Waals surface area contributed by atoms with Crippen LogP contribution >= 0.6 is 0 Å². The molecule has 72 valence electrons. The molecule has 0 aromatic heterocycles. The zero-order valence-electron chi connectivity index (χ0n) is 8.13. The highest BCUT2D eigenvalue weighted by Crippen LogP contribution is 2.27. The molecule has 1 N–H and O–H groups in total. The van der Waals surface area contributed by atoms with Crippen LogP contribution in [0.1, 0.15) is 11.1 Å². The van der Waals surface area contributed by atoms with E-state index in [4.69, 9.17) is 14.6 Å². The number of hydrogen-bond acceptors (Lipinski definition) is 3. The molecule has 0 unspecified atom stereocenters. The highest BCUT2D eigenvalue weighted by Gasteiger charge is 2.06. The van der Waals surface area contributed by atoms with E-state index in [-0.39, 0.29) is 6.61 Å². The Morgan fingerprint density at radius 2 is 1.92 bits per heavy atom. The fraction of sp³-hybridized carbons (Fsp3) is 0.400. The van der Waals surface area contributed by atoms with Crippen LogP contribution in [0.2, 0.25) is 0 Å². The molecule has 13 heavy (non-hydrogen) atoms. The lowest BCUT2D eigenvalue weighted by Gasteiger charge is -2.11. The first kappa shape index (κ1) is 9.86. The van der Waals surface area contributed by atoms with Crippen molar-refractivity contribution < 1.29 is 14.6 Å². The SMILES string of the molecule is COc1cc(CO)c(C)c(OC)c1. The van der Waals surface area contributed by atoms with E-state index in [1.54, 1.807) is 26.4 Å². The lowest BCUT2D eigenvalue weighted by atomic mass is 10.1. The minimum absolute atomic E-state index is 0.000602. The number of aliphatic hydroxyl groups is 1. The van der Waals surface area contributed by atoms with Gasteiger partial charge in [0.25, 0.3) is 0 Å². The lowest BCUT2D eigenvalue weighted by molar-refractivity contribution is 0.279. The summed E-state index contributed by atoms with van der Waals surface area (Å²) in [6, 6.07) is 3.60. The summed E-state index contributed by atoms with van der Waals surface area (Å²) in [4.78, 5) is 0. The van der Waals surface area contributed by atoms with Crippen molar-refractivity contribution >= 4 is 0 Å². The number of aliphatic hydroxyl groups excluding tert-OH is 1. The van der Waals surface area contributed by atoms with E-state index in [0.717, 1.165) is 16.9 Å². The molecule has 0 aliphatic carbocycles. The van der Waals surface area contributed by atoms with Crippen LogP contribution in [0.15, 0.2) is 12.1 Å². The molecule has 0 bridgehead atoms. The van der Waals surface area contributed by atoms with E-state index in [1.165, 1.54) is 0 Å². The standard InChI is InChI=1S/C10H14O3/c1-7-8(6-11)4-9(12-2)5-10(7)13-3/h4-5,11H,6H2,1-3H3. The normalized spacial score (nSPS) is 9.85. The first-order chi connectivity index (χ1) is 6.22. The molecule has 0 saturated heterocycles. The molecule has 3 heteroatoms. The van der Waals surface area contributed by atoms with Gasteiger partial charge in [0.15, 0.2) is 0 Å². The summed E-state index contributed by atoms with van der Waals surface area (Å²) in [6.45, 7) is 1.91. The average Bonchev–Trinajstić information content (AvgIpc) is 2.18. The molecule has 0 aliphatic rings. The van der Waals surface area contributed by atoms with Gasteiger partial charge in [-0.1, -0.05) is 0 Å². The van der Waals surface area contributed by atoms with Gasteiger partial charge in [-0.25, -0.2) is 0 Å². The molecular formula is C10H14O3. The molecule has 0 heterocycles. The van der Waals surface area contributed by atoms with Crippen LogP contribution in [-0.2, 0) is 6.61 Å². The first-order valence-electron chi connectivity index (χ1n) is 4.05. The molecule has 0 fully saturated rings. The molecule has 1 rings (SSSR count). The predicted octanol–water partition coefficient (Wildman–Crippen LogP) is 1.50. The van der Waals surface area contributed by atoms with Crippen molar-refractivity contribution in [2.24, 2.45) is 0 Å². The molecule has 3 nitrogen and oxygen atoms in total. The van der Waals surface area contributed by atoms with Crippen molar-refractivity contribution in [3.05, 3.63) is 23.3 Å². The van der Waals surface area contributed by atoms with E-state index in [1.807, 2.05) is 6.92 Å². The van der Waals surface area contributed by atoms with Crippen molar-refractivity contribution in [1.29, 1.82) is 0 Å². The van der Waals surface area contributed by atoms with Gasteiger partial charge in [0.2, 0.25) is 0 Å². The quantitative estimate of drug-likeness (QED) is 0.770. The molecule has 0 radical (unpaired) electrons. The van der Waals surface area contributed by atoms with E-state index >= 15 is 0 Å². The Balaban J connectivity index is 3.20. The fourth-order valence-corrected chi connectivity index (χ4v) is 1.21. The second-order valence-electron chi connectivity index (χ2n) is 2.77. The first-order valence-corrected chi connectivity index (χ1v) is 4.05. The van der Waals surface area contributed by atoms with Crippen LogP contribution < -0.4 is 9.47 Å². The Bertz CT molecular complexity index is 269. The molecule has 1 aromatic rings. The smallest absolute Gasteiger partial charge is 0.125 e. The van der Waals surface area contributed by atoms with Crippen LogP contribution in [0.4, 0.5) is 0 Å². The second-order valence-corrected chi connectivity index (χ2v) is 2.77. The summed E-state index contributed by atoms with van der Waals surface area (Å²) in [5.41, 5.74) is 1.78. The third kappa shape index (κ3) is 1.92. The third-order valence-electron chi connectivity index (χ3n) is 2.07. The maximum absolute atomic E-state index is 9.05. The third-order valence-corrected chi connectivity index (χ3v) is 2.07. The second kappa shape index (κ2) is 4.14. The number of hydrogen-bond donors (Lipinski definition) is 1. The van der Waals surface area contributed by atoms with Gasteiger partial charge >= 0.3 is 0 Å². The maximum Gasteiger partial charge on any atom is 0.125 e. The summed E-state index contributed by atoms with van der Waals surface area (Å²) in [6.07, 6.45) is 0. The van der Waals surface area contributed by atoms with Gasteiger partial charge in [-0.15, -0.1) is 0 Å². The van der Waals surface area contributed by atoms with Gasteiger partial charge < -0.3 is 14.6 Å². The van der Waals surface area contributed by atoms with Crippen LogP contribution in [0.5, 0.6) is 11.5 Å². The summed E-state index contributed by atoms with van der Waals surface area (Å²) in [5, 5.41) is 9.05. The molecule has 0 amide bonds. The Hall–Kier alpha value is -1.22. The van der Waals surface area contributed by atoms with E-state index in [9.17, 15) is 0 Å². The Morgan fingerprint density at radius 3 is 2.38 bits per heavy atom. The van der Waals surface area contributed by atoms with Gasteiger partial charge in [0, 0.05) is 6.07 Å². The van der Waals surface area contributed by atoms with Crippen molar-refractivity contribution in [3.63, 3.8) is 0 Å². The number of rotatable bonds is 3. The molecule has 1 aromatic carbocycles. The topological polar surface area (TPSA) is 38.7 Å². The Labute approximate surface area is 77.9 Å². The average molecular weight is 182 g/mol. The van der Waals surface area contributed by atoms with Crippen LogP contribution in [-0.4, -0.2) is 19.3 Å². The Kier molecular flexibility index (Phi) is 3.14. The van der Waals surface area contributed by atoms with Crippen LogP contribution in [0.3, 0.4) is 0 Å². The van der Waals surface area contributed by atoms with Crippen LogP contribution in [0.25, 0.3) is 0 Å². The molecular weight excluding hydrogens is 168 g/mol. The van der Waals surface area contributed by atoms with Crippen molar-refractivity contribution in [2.75, 3.05) is 14.2 Å². The highest BCUT2D eigenvalue weighted by molar-refractivity contribution is 5.45. The molecule has 0 spiro atoms. The fourth-order valence-electron chi connectivity index (χ4n) is 1.21. The van der Waals surface area contributed by atoms with Gasteiger partial charge in [-0.05, 0) is 24.1 Å². The molecule has 0 atom stereocenters. The number of ether oxygens (including phenoxy) is 2. The monoisotopic (exact) mass is 182 g/mol. The van der Waals surface area contributed by atoms with Crippen molar-refractivity contribution in [3.8, 4) is 11.5 Å². The summed E-state index contributed by atoms with van der Waals surface area (Å²) in [5.74, 6) is 1.44. The zero-order chi connectivity index (χ0) is 9.84.